The lowest BCUT2D eigenvalue weighted by molar-refractivity contribution is -0.159. The number of nitrogens with one attached hydrogen (secondary N) is 1. The van der Waals surface area contributed by atoms with Crippen LogP contribution in [-0.4, -0.2) is 77.8 Å². The number of carbonyl (C=O) groups is 4. The Bertz CT molecular complexity index is 968. The zero-order valence-electron chi connectivity index (χ0n) is 19.1. The summed E-state index contributed by atoms with van der Waals surface area (Å²) in [4.78, 5) is 43.7. The molecule has 1 saturated heterocycles. The van der Waals surface area contributed by atoms with E-state index in [1.807, 2.05) is 0 Å². The van der Waals surface area contributed by atoms with Crippen LogP contribution in [0, 0.1) is 5.92 Å². The average Bonchev–Trinajstić information content (AvgIpc) is 3.31. The first-order valence-corrected chi connectivity index (χ1v) is 12.6. The largest absolute Gasteiger partial charge is 0.473 e. The Hall–Kier alpha value is -2.99. The van der Waals surface area contributed by atoms with E-state index in [1.54, 1.807) is 17.0 Å². The first-order valence-electron chi connectivity index (χ1n) is 11.1. The summed E-state index contributed by atoms with van der Waals surface area (Å²) in [5.41, 5.74) is 0.559. The van der Waals surface area contributed by atoms with Crippen LogP contribution in [0.25, 0.3) is 0 Å². The molecule has 0 radical (unpaired) electrons. The first kappa shape index (κ1) is 27.3. The number of anilines is 1. The lowest BCUT2D eigenvalue weighted by atomic mass is 10.0. The van der Waals surface area contributed by atoms with E-state index >= 15 is 0 Å². The Labute approximate surface area is 198 Å². The highest BCUT2D eigenvalue weighted by Gasteiger charge is 2.30. The van der Waals surface area contributed by atoms with Crippen LogP contribution in [-0.2, 0) is 29.2 Å². The van der Waals surface area contributed by atoms with Crippen molar-refractivity contribution in [2.24, 2.45) is 5.92 Å². The summed E-state index contributed by atoms with van der Waals surface area (Å²) in [6.45, 7) is 2.90. The number of rotatable bonds is 6. The molecular formula is C22H31N3O8S. The first-order chi connectivity index (χ1) is 16.0. The third-order valence-corrected chi connectivity index (χ3v) is 7.74. The number of carboxylic acids is 2. The minimum absolute atomic E-state index is 0.142. The second-order valence-corrected chi connectivity index (χ2v) is 10.2. The molecule has 3 rings (SSSR count). The van der Waals surface area contributed by atoms with E-state index in [4.69, 9.17) is 19.8 Å². The summed E-state index contributed by atoms with van der Waals surface area (Å²) in [6, 6.07) is 6.16. The maximum absolute atomic E-state index is 12.8. The number of carboxylic acid groups (broad SMARTS) is 2. The van der Waals surface area contributed by atoms with Gasteiger partial charge in [-0.15, -0.1) is 0 Å². The molecule has 1 aromatic rings. The number of sulfonamides is 1. The van der Waals surface area contributed by atoms with Gasteiger partial charge in [0.05, 0.1) is 4.90 Å². The van der Waals surface area contributed by atoms with Crippen LogP contribution in [0.4, 0.5) is 5.69 Å². The van der Waals surface area contributed by atoms with Crippen LogP contribution in [0.15, 0.2) is 29.2 Å². The molecule has 2 aliphatic rings. The van der Waals surface area contributed by atoms with Crippen molar-refractivity contribution in [1.29, 1.82) is 0 Å². The van der Waals surface area contributed by atoms with Crippen LogP contribution in [0.5, 0.6) is 0 Å². The monoisotopic (exact) mass is 497 g/mol. The van der Waals surface area contributed by atoms with E-state index in [-0.39, 0.29) is 16.7 Å². The maximum Gasteiger partial charge on any atom is 0.414 e. The maximum atomic E-state index is 12.8. The van der Waals surface area contributed by atoms with E-state index < -0.39 is 22.0 Å². The van der Waals surface area contributed by atoms with Crippen molar-refractivity contribution in [2.75, 3.05) is 31.5 Å². The molecule has 1 aliphatic carbocycles. The van der Waals surface area contributed by atoms with E-state index in [1.165, 1.54) is 49.0 Å². The molecule has 34 heavy (non-hydrogen) atoms. The summed E-state index contributed by atoms with van der Waals surface area (Å²) in [7, 11) is -3.60. The molecule has 0 spiro atoms. The number of benzene rings is 1. The molecule has 11 nitrogen and oxygen atoms in total. The topological polar surface area (TPSA) is 161 Å². The SMILES string of the molecule is CC(=O)Nc1ccc(S(=O)(=O)N2CCN(C(=O)CCC3CCCC3)CC2)cc1.O=C(O)C(=O)O. The van der Waals surface area contributed by atoms with Crippen LogP contribution in [0.1, 0.15) is 45.4 Å². The molecule has 2 fully saturated rings. The summed E-state index contributed by atoms with van der Waals surface area (Å²) in [5, 5.41) is 17.4. The lowest BCUT2D eigenvalue weighted by Crippen LogP contribution is -2.50. The molecule has 1 heterocycles. The molecule has 3 N–H and O–H groups in total. The Morgan fingerprint density at radius 1 is 0.941 bits per heavy atom. The number of hydrogen-bond acceptors (Lipinski definition) is 6. The van der Waals surface area contributed by atoms with Crippen molar-refractivity contribution in [2.45, 2.75) is 50.3 Å². The molecule has 0 bridgehead atoms. The third-order valence-electron chi connectivity index (χ3n) is 5.83. The van der Waals surface area contributed by atoms with Crippen molar-refractivity contribution in [3.05, 3.63) is 24.3 Å². The van der Waals surface area contributed by atoms with Gasteiger partial charge in [-0.3, -0.25) is 9.59 Å². The number of carbonyl (C=O) groups excluding carboxylic acids is 2. The Kier molecular flexibility index (Phi) is 9.99. The molecule has 188 valence electrons. The van der Waals surface area contributed by atoms with Gasteiger partial charge in [-0.25, -0.2) is 18.0 Å². The van der Waals surface area contributed by atoms with Gasteiger partial charge in [-0.05, 0) is 36.6 Å². The van der Waals surface area contributed by atoms with Crippen molar-refractivity contribution in [3.63, 3.8) is 0 Å². The number of aliphatic carboxylic acids is 2. The van der Waals surface area contributed by atoms with Gasteiger partial charge in [0.1, 0.15) is 0 Å². The van der Waals surface area contributed by atoms with Gasteiger partial charge in [-0.1, -0.05) is 25.7 Å². The van der Waals surface area contributed by atoms with Crippen LogP contribution < -0.4 is 5.32 Å². The number of amides is 2. The minimum Gasteiger partial charge on any atom is -0.473 e. The van der Waals surface area contributed by atoms with Crippen molar-refractivity contribution in [3.8, 4) is 0 Å². The highest BCUT2D eigenvalue weighted by Crippen LogP contribution is 2.29. The van der Waals surface area contributed by atoms with E-state index in [9.17, 15) is 18.0 Å². The van der Waals surface area contributed by atoms with Crippen LogP contribution >= 0.6 is 0 Å². The standard InChI is InChI=1S/C20H29N3O4S.C2H2O4/c1-16(24)21-18-7-9-19(10-8-18)28(26,27)23-14-12-22(13-15-23)20(25)11-6-17-4-2-3-5-17;3-1(4)2(5)6/h7-10,17H,2-6,11-15H2,1H3,(H,21,24);(H,3,4)(H,5,6). The molecule has 0 aromatic heterocycles. The molecule has 12 heteroatoms. The van der Waals surface area contributed by atoms with E-state index in [0.717, 1.165) is 6.42 Å². The molecule has 0 atom stereocenters. The zero-order valence-corrected chi connectivity index (χ0v) is 19.9. The van der Waals surface area contributed by atoms with Crippen molar-refractivity contribution >= 4 is 39.5 Å². The molecule has 1 aliphatic heterocycles. The van der Waals surface area contributed by atoms with Gasteiger partial charge < -0.3 is 20.4 Å². The summed E-state index contributed by atoms with van der Waals surface area (Å²) in [5.74, 6) is -3.02. The highest BCUT2D eigenvalue weighted by molar-refractivity contribution is 7.89. The van der Waals surface area contributed by atoms with Crippen molar-refractivity contribution < 1.29 is 37.8 Å². The summed E-state index contributed by atoms with van der Waals surface area (Å²) >= 11 is 0. The van der Waals surface area contributed by atoms with Gasteiger partial charge in [-0.2, -0.15) is 4.31 Å². The number of hydrogen-bond donors (Lipinski definition) is 3. The second kappa shape index (κ2) is 12.5. The molecule has 2 amide bonds. The predicted octanol–water partition coefficient (Wildman–Crippen LogP) is 1.60. The number of nitrogens with zero attached hydrogens (tertiary/aromatic N) is 2. The second-order valence-electron chi connectivity index (χ2n) is 8.29. The molecule has 1 aromatic carbocycles. The normalized spacial score (nSPS) is 16.9. The van der Waals surface area contributed by atoms with Crippen molar-refractivity contribution in [1.82, 2.24) is 9.21 Å². The molecule has 1 saturated carbocycles. The fourth-order valence-electron chi connectivity index (χ4n) is 4.03. The van der Waals surface area contributed by atoms with Gasteiger partial charge in [0.15, 0.2) is 0 Å². The fourth-order valence-corrected chi connectivity index (χ4v) is 5.45. The molecule has 0 unspecified atom stereocenters. The average molecular weight is 498 g/mol. The summed E-state index contributed by atoms with van der Waals surface area (Å²) < 4.78 is 27.1. The van der Waals surface area contributed by atoms with Crippen LogP contribution in [0.2, 0.25) is 0 Å². The van der Waals surface area contributed by atoms with Gasteiger partial charge >= 0.3 is 11.9 Å². The molecular weight excluding hydrogens is 466 g/mol. The Morgan fingerprint density at radius 3 is 1.94 bits per heavy atom. The Balaban J connectivity index is 0.000000604. The van der Waals surface area contributed by atoms with Crippen LogP contribution in [0.3, 0.4) is 0 Å². The van der Waals surface area contributed by atoms with E-state index in [2.05, 4.69) is 5.32 Å². The predicted molar refractivity (Wildman–Crippen MR) is 123 cm³/mol. The fraction of sp³-hybridized carbons (Fsp3) is 0.545. The highest BCUT2D eigenvalue weighted by atomic mass is 32.2. The Morgan fingerprint density at radius 2 is 1.47 bits per heavy atom. The zero-order chi connectivity index (χ0) is 25.3. The van der Waals surface area contributed by atoms with Gasteiger partial charge in [0, 0.05) is 45.2 Å². The van der Waals surface area contributed by atoms with E-state index in [0.29, 0.717) is 44.2 Å². The van der Waals surface area contributed by atoms with Gasteiger partial charge in [0.25, 0.3) is 0 Å². The summed E-state index contributed by atoms with van der Waals surface area (Å²) in [6.07, 6.45) is 6.56. The number of piperazine rings is 1. The quantitative estimate of drug-likeness (QED) is 0.499. The minimum atomic E-state index is -3.60. The lowest BCUT2D eigenvalue weighted by Gasteiger charge is -2.34. The smallest absolute Gasteiger partial charge is 0.414 e. The van der Waals surface area contributed by atoms with Gasteiger partial charge in [0.2, 0.25) is 21.8 Å². The third kappa shape index (κ3) is 8.10.